The Kier molecular flexibility index (Phi) is 6.08. The third-order valence-corrected chi connectivity index (χ3v) is 8.57. The first kappa shape index (κ1) is 24.1. The molecule has 8 heteroatoms. The minimum Gasteiger partial charge on any atom is -0.428 e. The predicted molar refractivity (Wildman–Crippen MR) is 136 cm³/mol. The van der Waals surface area contributed by atoms with Gasteiger partial charge in [-0.2, -0.15) is 0 Å². The van der Waals surface area contributed by atoms with Gasteiger partial charge < -0.3 is 4.74 Å². The van der Waals surface area contributed by atoms with Crippen LogP contribution in [0.3, 0.4) is 0 Å². The Morgan fingerprint density at radius 3 is 2.31 bits per heavy atom. The number of urea groups is 1. The van der Waals surface area contributed by atoms with Gasteiger partial charge in [0, 0.05) is 5.56 Å². The van der Waals surface area contributed by atoms with E-state index in [0.717, 1.165) is 41.1 Å². The molecule has 1 fully saturated rings. The number of ether oxygens (including phenoxy) is 1. The van der Waals surface area contributed by atoms with Crippen LogP contribution in [0.2, 0.25) is 0 Å². The summed E-state index contributed by atoms with van der Waals surface area (Å²) in [6, 6.07) is 19.7. The normalized spacial score (nSPS) is 19.2. The Hall–Kier alpha value is -3.65. The summed E-state index contributed by atoms with van der Waals surface area (Å²) in [6.07, 6.45) is 4.24. The van der Waals surface area contributed by atoms with Crippen LogP contribution in [-0.2, 0) is 26.9 Å². The van der Waals surface area contributed by atoms with Crippen molar-refractivity contribution in [1.29, 1.82) is 0 Å². The number of benzene rings is 3. The lowest BCUT2D eigenvalue weighted by Crippen LogP contribution is -2.51. The molecule has 0 saturated carbocycles. The monoisotopic (exact) mass is 504 g/mol. The Morgan fingerprint density at radius 1 is 0.917 bits per heavy atom. The molecule has 3 aromatic carbocycles. The molecule has 0 bridgehead atoms. The maximum atomic E-state index is 13.8. The van der Waals surface area contributed by atoms with Crippen LogP contribution in [0.25, 0.3) is 0 Å². The maximum absolute atomic E-state index is 13.8. The van der Waals surface area contributed by atoms with E-state index < -0.39 is 27.7 Å². The molecule has 0 aliphatic carbocycles. The second-order valence-electron chi connectivity index (χ2n) is 9.29. The molecule has 36 heavy (non-hydrogen) atoms. The first-order chi connectivity index (χ1) is 17.3. The van der Waals surface area contributed by atoms with Crippen molar-refractivity contribution in [1.82, 2.24) is 4.31 Å². The van der Waals surface area contributed by atoms with Crippen LogP contribution in [0.15, 0.2) is 77.7 Å². The fourth-order valence-electron chi connectivity index (χ4n) is 4.84. The number of amides is 2. The van der Waals surface area contributed by atoms with Crippen LogP contribution in [0, 0.1) is 6.92 Å². The highest BCUT2D eigenvalue weighted by Gasteiger charge is 2.61. The van der Waals surface area contributed by atoms with E-state index in [1.54, 1.807) is 36.4 Å². The van der Waals surface area contributed by atoms with E-state index in [4.69, 9.17) is 4.74 Å². The molecule has 7 nitrogen and oxygen atoms in total. The molecule has 3 aromatic rings. The Balaban J connectivity index is 1.61. The number of nitrogens with zero attached hydrogens (tertiary/aromatic N) is 2. The first-order valence-corrected chi connectivity index (χ1v) is 13.6. The van der Waals surface area contributed by atoms with Crippen molar-refractivity contribution in [3.05, 3.63) is 95.1 Å². The minimum atomic E-state index is -4.20. The molecular formula is C28H28N2O5S. The van der Waals surface area contributed by atoms with Crippen molar-refractivity contribution in [3.63, 3.8) is 0 Å². The molecule has 186 valence electrons. The Labute approximate surface area is 211 Å². The van der Waals surface area contributed by atoms with E-state index in [-0.39, 0.29) is 17.0 Å². The highest BCUT2D eigenvalue weighted by Crippen LogP contribution is 2.47. The standard InChI is InChI=1S/C28H28N2O5S/c1-3-4-5-8-21-13-15-22(16-14-21)28-19-29(36(33,34)23-17-11-20(2)12-18-23)27(32)30(28)25-10-7-6-9-24(25)26(31)35-28/h6-7,9-18H,3-5,8,19H2,1-2H3. The molecule has 2 heterocycles. The van der Waals surface area contributed by atoms with Gasteiger partial charge in [0.05, 0.1) is 16.1 Å². The smallest absolute Gasteiger partial charge is 0.342 e. The van der Waals surface area contributed by atoms with Crippen molar-refractivity contribution < 1.29 is 22.7 Å². The second-order valence-corrected chi connectivity index (χ2v) is 11.2. The number of sulfonamides is 1. The molecule has 0 spiro atoms. The second kappa shape index (κ2) is 9.09. The maximum Gasteiger partial charge on any atom is 0.342 e. The lowest BCUT2D eigenvalue weighted by Gasteiger charge is -2.40. The molecule has 2 amide bonds. The predicted octanol–water partition coefficient (Wildman–Crippen LogP) is 5.38. The molecule has 2 aliphatic heterocycles. The zero-order valence-electron chi connectivity index (χ0n) is 20.3. The highest BCUT2D eigenvalue weighted by molar-refractivity contribution is 7.89. The van der Waals surface area contributed by atoms with Crippen LogP contribution in [0.4, 0.5) is 10.5 Å². The Morgan fingerprint density at radius 2 is 1.61 bits per heavy atom. The number of carbonyl (C=O) groups excluding carboxylic acids is 2. The van der Waals surface area contributed by atoms with Crippen LogP contribution in [0.5, 0.6) is 0 Å². The van der Waals surface area contributed by atoms with E-state index >= 15 is 0 Å². The molecular weight excluding hydrogens is 476 g/mol. The van der Waals surface area contributed by atoms with Gasteiger partial charge in [-0.15, -0.1) is 0 Å². The summed E-state index contributed by atoms with van der Waals surface area (Å²) in [5, 5.41) is 0. The molecule has 1 unspecified atom stereocenters. The summed E-state index contributed by atoms with van der Waals surface area (Å²) < 4.78 is 34.0. The fraction of sp³-hybridized carbons (Fsp3) is 0.286. The molecule has 1 saturated heterocycles. The van der Waals surface area contributed by atoms with E-state index in [0.29, 0.717) is 11.3 Å². The van der Waals surface area contributed by atoms with Crippen molar-refractivity contribution in [2.24, 2.45) is 0 Å². The number of carbonyl (C=O) groups is 2. The topological polar surface area (TPSA) is 84.0 Å². The van der Waals surface area contributed by atoms with Gasteiger partial charge in [0.1, 0.15) is 6.54 Å². The van der Waals surface area contributed by atoms with Gasteiger partial charge >= 0.3 is 12.0 Å². The van der Waals surface area contributed by atoms with Gasteiger partial charge in [-0.1, -0.05) is 73.9 Å². The fourth-order valence-corrected chi connectivity index (χ4v) is 6.21. The van der Waals surface area contributed by atoms with Crippen molar-refractivity contribution >= 4 is 27.7 Å². The number of hydrogen-bond donors (Lipinski definition) is 0. The van der Waals surface area contributed by atoms with E-state index in [9.17, 15) is 18.0 Å². The largest absolute Gasteiger partial charge is 0.428 e. The summed E-state index contributed by atoms with van der Waals surface area (Å²) >= 11 is 0. The van der Waals surface area contributed by atoms with E-state index in [1.807, 2.05) is 31.2 Å². The highest BCUT2D eigenvalue weighted by atomic mass is 32.2. The summed E-state index contributed by atoms with van der Waals surface area (Å²) in [5.74, 6) is -0.601. The summed E-state index contributed by atoms with van der Waals surface area (Å²) in [7, 11) is -4.20. The molecule has 2 aliphatic rings. The number of para-hydroxylation sites is 1. The lowest BCUT2D eigenvalue weighted by molar-refractivity contribution is -0.0167. The lowest BCUT2D eigenvalue weighted by atomic mass is 9.96. The number of unbranched alkanes of at least 4 members (excludes halogenated alkanes) is 2. The number of fused-ring (bicyclic) bond motifs is 3. The summed E-state index contributed by atoms with van der Waals surface area (Å²) in [5.41, 5.74) is 1.50. The van der Waals surface area contributed by atoms with Crippen LogP contribution in [-0.4, -0.2) is 31.3 Å². The van der Waals surface area contributed by atoms with Crippen molar-refractivity contribution in [2.75, 3.05) is 11.4 Å². The third-order valence-electron chi connectivity index (χ3n) is 6.83. The number of anilines is 1. The van der Waals surface area contributed by atoms with E-state index in [1.165, 1.54) is 17.0 Å². The SMILES string of the molecule is CCCCCc1ccc(C23CN(S(=O)(=O)c4ccc(C)cc4)C(=O)N2c2ccccc2C(=O)O3)cc1. The zero-order valence-corrected chi connectivity index (χ0v) is 21.1. The number of hydrogen-bond acceptors (Lipinski definition) is 5. The Bertz CT molecular complexity index is 1420. The molecule has 0 N–H and O–H groups in total. The van der Waals surface area contributed by atoms with Gasteiger partial charge in [0.2, 0.25) is 5.72 Å². The molecule has 1 atom stereocenters. The van der Waals surface area contributed by atoms with Crippen LogP contribution in [0.1, 0.15) is 53.2 Å². The number of esters is 1. The average Bonchev–Trinajstić information content (AvgIpc) is 3.19. The van der Waals surface area contributed by atoms with Crippen molar-refractivity contribution in [3.8, 4) is 0 Å². The van der Waals surface area contributed by atoms with Gasteiger partial charge in [-0.3, -0.25) is 0 Å². The molecule has 0 radical (unpaired) electrons. The summed E-state index contributed by atoms with van der Waals surface area (Å²) in [6.45, 7) is 3.66. The number of aryl methyl sites for hydroxylation is 2. The van der Waals surface area contributed by atoms with Gasteiger partial charge in [-0.25, -0.2) is 27.2 Å². The third kappa shape index (κ3) is 3.86. The summed E-state index contributed by atoms with van der Waals surface area (Å²) in [4.78, 5) is 28.2. The van der Waals surface area contributed by atoms with E-state index in [2.05, 4.69) is 6.92 Å². The van der Waals surface area contributed by atoms with Gasteiger partial charge in [-0.05, 0) is 49.6 Å². The van der Waals surface area contributed by atoms with Crippen molar-refractivity contribution in [2.45, 2.75) is 50.2 Å². The van der Waals surface area contributed by atoms with Crippen LogP contribution >= 0.6 is 0 Å². The van der Waals surface area contributed by atoms with Gasteiger partial charge in [0.15, 0.2) is 0 Å². The minimum absolute atomic E-state index is 0.00216. The van der Waals surface area contributed by atoms with Crippen LogP contribution < -0.4 is 4.90 Å². The molecule has 5 rings (SSSR count). The quantitative estimate of drug-likeness (QED) is 0.319. The average molecular weight is 505 g/mol. The molecule has 0 aromatic heterocycles. The first-order valence-electron chi connectivity index (χ1n) is 12.1. The zero-order chi connectivity index (χ0) is 25.5. The number of rotatable bonds is 7. The van der Waals surface area contributed by atoms with Gasteiger partial charge in [0.25, 0.3) is 10.0 Å².